The van der Waals surface area contributed by atoms with Gasteiger partial charge in [0.2, 0.25) is 0 Å². The topological polar surface area (TPSA) is 40.5 Å². The summed E-state index contributed by atoms with van der Waals surface area (Å²) in [5.41, 5.74) is 0. The van der Waals surface area contributed by atoms with Gasteiger partial charge in [-0.05, 0) is 0 Å². The summed E-state index contributed by atoms with van der Waals surface area (Å²) in [6.45, 7) is 0. The molecular weight excluding hydrogens is 124 g/mol. The number of carbonyl (C=O) groups is 1. The van der Waals surface area contributed by atoms with Crippen molar-refractivity contribution in [3.8, 4) is 0 Å². The van der Waals surface area contributed by atoms with Crippen molar-refractivity contribution in [3.63, 3.8) is 0 Å². The van der Waals surface area contributed by atoms with Crippen LogP contribution in [-0.2, 0) is 0 Å². The summed E-state index contributed by atoms with van der Waals surface area (Å²) in [6.07, 6.45) is -1.67. The van der Waals surface area contributed by atoms with Crippen LogP contribution in [0.15, 0.2) is 0 Å². The van der Waals surface area contributed by atoms with Crippen molar-refractivity contribution in [2.24, 2.45) is 0 Å². The Hall–Kier alpha value is -0.510. The maximum Gasteiger partial charge on any atom is 0.436 e. The molecule has 5 heteroatoms. The Morgan fingerprint density at radius 1 is 2.00 bits per heavy atom. The van der Waals surface area contributed by atoms with Gasteiger partial charge in [-0.25, -0.2) is 4.79 Å². The van der Waals surface area contributed by atoms with E-state index in [0.717, 1.165) is 0 Å². The second-order valence-corrected chi connectivity index (χ2v) is 1.00. The molecule has 1 amide bonds. The van der Waals surface area contributed by atoms with Crippen LogP contribution in [0.25, 0.3) is 0 Å². The first-order valence-electron chi connectivity index (χ1n) is 1.40. The van der Waals surface area contributed by atoms with Gasteiger partial charge in [0.05, 0.1) is 0 Å². The maximum absolute atomic E-state index is 11.4. The van der Waals surface area contributed by atoms with Gasteiger partial charge in [0.1, 0.15) is 6.00 Å². The second kappa shape index (κ2) is 2.63. The first-order valence-corrected chi connectivity index (χ1v) is 1.94. The number of rotatable bonds is 1. The van der Waals surface area contributed by atoms with E-state index in [-0.39, 0.29) is 0 Å². The molecule has 42 valence electrons. The minimum Gasteiger partial charge on any atom is -0.463 e. The molecular formula is C2H3ClFNO2. The van der Waals surface area contributed by atoms with Crippen molar-refractivity contribution in [3.05, 3.63) is 0 Å². The maximum atomic E-state index is 11.4. The molecule has 0 fully saturated rings. The number of halogens is 2. The molecule has 0 aliphatic carbocycles. The van der Waals surface area contributed by atoms with Crippen molar-refractivity contribution in [2.75, 3.05) is 6.00 Å². The van der Waals surface area contributed by atoms with Crippen LogP contribution in [0, 0.1) is 0 Å². The highest BCUT2D eigenvalue weighted by atomic mass is 35.5. The van der Waals surface area contributed by atoms with E-state index in [2.05, 4.69) is 0 Å². The second-order valence-electron chi connectivity index (χ2n) is 0.764. The summed E-state index contributed by atoms with van der Waals surface area (Å²) in [5, 5.41) is 7.12. The molecule has 7 heavy (non-hydrogen) atoms. The van der Waals surface area contributed by atoms with E-state index in [9.17, 15) is 9.28 Å². The summed E-state index contributed by atoms with van der Waals surface area (Å²) >= 11 is 4.72. The Morgan fingerprint density at radius 3 is 2.43 bits per heavy atom. The van der Waals surface area contributed by atoms with Crippen LogP contribution in [-0.4, -0.2) is 22.3 Å². The molecule has 0 aliphatic heterocycles. The quantitative estimate of drug-likeness (QED) is 0.325. The Labute approximate surface area is 44.2 Å². The molecule has 0 aliphatic rings. The van der Waals surface area contributed by atoms with E-state index < -0.39 is 17.2 Å². The largest absolute Gasteiger partial charge is 0.463 e. The highest BCUT2D eigenvalue weighted by Gasteiger charge is 2.05. The van der Waals surface area contributed by atoms with Crippen LogP contribution >= 0.6 is 11.6 Å². The zero-order valence-corrected chi connectivity index (χ0v) is 4.02. The number of carboxylic acid groups (broad SMARTS) is 1. The van der Waals surface area contributed by atoms with Crippen molar-refractivity contribution in [2.45, 2.75) is 0 Å². The fourth-order valence-electron chi connectivity index (χ4n) is 0.0511. The summed E-state index contributed by atoms with van der Waals surface area (Å²) < 4.78 is 11.4. The third kappa shape index (κ3) is 2.22. The molecule has 0 rings (SSSR count). The molecule has 0 aromatic rings. The SMILES string of the molecule is O=C(O)N(F)CCl. The molecule has 0 heterocycles. The van der Waals surface area contributed by atoms with E-state index in [1.165, 1.54) is 0 Å². The highest BCUT2D eigenvalue weighted by Crippen LogP contribution is 1.89. The normalized spacial score (nSPS) is 8.29. The van der Waals surface area contributed by atoms with Crippen LogP contribution in [0.2, 0.25) is 0 Å². The summed E-state index contributed by atoms with van der Waals surface area (Å²) in [6, 6.07) is -0.644. The van der Waals surface area contributed by atoms with Crippen LogP contribution in [0.4, 0.5) is 9.28 Å². The molecule has 0 bridgehead atoms. The van der Waals surface area contributed by atoms with Gasteiger partial charge in [-0.1, -0.05) is 16.1 Å². The van der Waals surface area contributed by atoms with E-state index in [4.69, 9.17) is 16.7 Å². The first-order chi connectivity index (χ1) is 3.18. The van der Waals surface area contributed by atoms with Gasteiger partial charge in [-0.15, -0.1) is 5.12 Å². The number of hydrogen-bond acceptors (Lipinski definition) is 1. The Bertz CT molecular complexity index is 78.1. The third-order valence-corrected chi connectivity index (χ3v) is 0.522. The summed E-state index contributed by atoms with van der Waals surface area (Å²) in [5.74, 6) is 0. The molecule has 0 radical (unpaired) electrons. The summed E-state index contributed by atoms with van der Waals surface area (Å²) in [4.78, 5) is 9.40. The van der Waals surface area contributed by atoms with Crippen LogP contribution in [0.1, 0.15) is 0 Å². The van der Waals surface area contributed by atoms with Gasteiger partial charge in [-0.2, -0.15) is 0 Å². The predicted molar refractivity (Wildman–Crippen MR) is 21.7 cm³/mol. The van der Waals surface area contributed by atoms with Crippen molar-refractivity contribution in [1.82, 2.24) is 5.12 Å². The van der Waals surface area contributed by atoms with E-state index in [1.807, 2.05) is 0 Å². The first kappa shape index (κ1) is 6.49. The van der Waals surface area contributed by atoms with Gasteiger partial charge in [0.15, 0.2) is 0 Å². The monoisotopic (exact) mass is 127 g/mol. The lowest BCUT2D eigenvalue weighted by molar-refractivity contribution is 0.0483. The van der Waals surface area contributed by atoms with Gasteiger partial charge >= 0.3 is 6.09 Å². The molecule has 0 spiro atoms. The molecule has 0 aromatic carbocycles. The third-order valence-electron chi connectivity index (χ3n) is 0.312. The van der Waals surface area contributed by atoms with Gasteiger partial charge in [-0.3, -0.25) is 0 Å². The summed E-state index contributed by atoms with van der Waals surface area (Å²) in [7, 11) is 0. The molecule has 0 saturated carbocycles. The molecule has 0 aromatic heterocycles. The predicted octanol–water partition coefficient (Wildman–Crippen LogP) is 1.05. The lowest BCUT2D eigenvalue weighted by Gasteiger charge is -1.98. The molecule has 3 nitrogen and oxygen atoms in total. The minimum atomic E-state index is -1.67. The van der Waals surface area contributed by atoms with Crippen LogP contribution < -0.4 is 0 Å². The molecule has 0 saturated heterocycles. The number of hydrogen-bond donors (Lipinski definition) is 1. The van der Waals surface area contributed by atoms with E-state index in [0.29, 0.717) is 0 Å². The van der Waals surface area contributed by atoms with Crippen molar-refractivity contribution >= 4 is 17.7 Å². The van der Waals surface area contributed by atoms with Gasteiger partial charge in [0, 0.05) is 0 Å². The van der Waals surface area contributed by atoms with Gasteiger partial charge in [0.25, 0.3) is 0 Å². The number of amides is 1. The lowest BCUT2D eigenvalue weighted by atomic mass is 11.1. The van der Waals surface area contributed by atoms with Crippen LogP contribution in [0.3, 0.4) is 0 Å². The Balaban J connectivity index is 3.34. The van der Waals surface area contributed by atoms with Crippen LogP contribution in [0.5, 0.6) is 0 Å². The average molecular weight is 128 g/mol. The fourth-order valence-corrected chi connectivity index (χ4v) is 0.153. The molecule has 0 atom stereocenters. The van der Waals surface area contributed by atoms with Crippen molar-refractivity contribution in [1.29, 1.82) is 0 Å². The fraction of sp³-hybridized carbons (Fsp3) is 0.500. The zero-order chi connectivity index (χ0) is 5.86. The number of alkyl halides is 1. The standard InChI is InChI=1S/C2H3ClFNO2/c3-1-5(4)2(6)7/h1H2,(H,6,7). The Kier molecular flexibility index (Phi) is 2.44. The number of nitrogens with zero attached hydrogens (tertiary/aromatic N) is 1. The van der Waals surface area contributed by atoms with E-state index >= 15 is 0 Å². The smallest absolute Gasteiger partial charge is 0.436 e. The minimum absolute atomic E-state index is 0.526. The zero-order valence-electron chi connectivity index (χ0n) is 3.27. The average Bonchev–Trinajstić information content (AvgIpc) is 1.65. The Morgan fingerprint density at radius 2 is 2.43 bits per heavy atom. The molecule has 1 N–H and O–H groups in total. The highest BCUT2D eigenvalue weighted by molar-refractivity contribution is 6.18. The van der Waals surface area contributed by atoms with E-state index in [1.54, 1.807) is 0 Å². The van der Waals surface area contributed by atoms with Gasteiger partial charge < -0.3 is 5.11 Å². The van der Waals surface area contributed by atoms with Crippen molar-refractivity contribution < 1.29 is 14.4 Å². The lowest BCUT2D eigenvalue weighted by Crippen LogP contribution is -2.17. The molecule has 0 unspecified atom stereocenters.